The van der Waals surface area contributed by atoms with Crippen molar-refractivity contribution in [2.75, 3.05) is 0 Å². The van der Waals surface area contributed by atoms with Crippen LogP contribution in [-0.4, -0.2) is 26.1 Å². The van der Waals surface area contributed by atoms with Crippen LogP contribution in [0.1, 0.15) is 13.8 Å². The number of pyridine rings is 1. The highest BCUT2D eigenvalue weighted by atomic mass is 28.2. The average Bonchev–Trinajstić information content (AvgIpc) is 2.18. The van der Waals surface area contributed by atoms with E-state index in [1.54, 1.807) is 12.4 Å². The number of carbonyl (C=O) groups excluding carboxylic acids is 2. The number of hydrogen-bond acceptors (Lipinski definition) is 3. The van der Waals surface area contributed by atoms with Gasteiger partial charge in [0.1, 0.15) is 11.6 Å². The molecule has 0 aliphatic rings. The highest BCUT2D eigenvalue weighted by Crippen LogP contribution is 2.05. The Morgan fingerprint density at radius 2 is 2.07 bits per heavy atom. The van der Waals surface area contributed by atoms with Gasteiger partial charge < -0.3 is 0 Å². The molecular formula is C11H13NO2Si. The third kappa shape index (κ3) is 3.75. The van der Waals surface area contributed by atoms with Gasteiger partial charge in [0.25, 0.3) is 0 Å². The van der Waals surface area contributed by atoms with Crippen LogP contribution in [0.2, 0.25) is 6.04 Å². The summed E-state index contributed by atoms with van der Waals surface area (Å²) < 4.78 is 0. The molecule has 2 radical (unpaired) electrons. The second kappa shape index (κ2) is 5.55. The molecule has 3 nitrogen and oxygen atoms in total. The Hall–Kier alpha value is -1.29. The minimum absolute atomic E-state index is 0.0427. The lowest BCUT2D eigenvalue weighted by molar-refractivity contribution is -0.129. The molecule has 1 rings (SSSR count). The third-order valence-corrected chi connectivity index (χ3v) is 3.47. The van der Waals surface area contributed by atoms with E-state index in [0.29, 0.717) is 15.6 Å². The van der Waals surface area contributed by atoms with Crippen molar-refractivity contribution < 1.29 is 9.59 Å². The van der Waals surface area contributed by atoms with Gasteiger partial charge in [-0.3, -0.25) is 14.6 Å². The molecule has 0 atom stereocenters. The third-order valence-electron chi connectivity index (χ3n) is 2.15. The van der Waals surface area contributed by atoms with Crippen LogP contribution < -0.4 is 5.19 Å². The fourth-order valence-corrected chi connectivity index (χ4v) is 2.66. The normalized spacial score (nSPS) is 10.3. The Bertz CT molecular complexity index is 337. The number of hydrogen-bond donors (Lipinski definition) is 0. The van der Waals surface area contributed by atoms with Crippen molar-refractivity contribution >= 4 is 26.3 Å². The van der Waals surface area contributed by atoms with Crippen molar-refractivity contribution in [3.63, 3.8) is 0 Å². The second-order valence-corrected chi connectivity index (χ2v) is 4.74. The first-order valence-corrected chi connectivity index (χ1v) is 5.96. The first-order chi connectivity index (χ1) is 7.11. The summed E-state index contributed by atoms with van der Waals surface area (Å²) in [6.45, 7) is 2.94. The predicted molar refractivity (Wildman–Crippen MR) is 59.3 cm³/mol. The number of Topliss-reactive ketones (excluding diaryl/α,β-unsaturated/α-hetero) is 2. The molecule has 0 unspecified atom stereocenters. The maximum Gasteiger partial charge on any atom is 0.139 e. The van der Waals surface area contributed by atoms with Gasteiger partial charge >= 0.3 is 0 Å². The van der Waals surface area contributed by atoms with Gasteiger partial charge in [0.05, 0.1) is 15.4 Å². The lowest BCUT2D eigenvalue weighted by atomic mass is 10.0. The summed E-state index contributed by atoms with van der Waals surface area (Å²) >= 11 is 0. The van der Waals surface area contributed by atoms with Crippen molar-refractivity contribution in [1.82, 2.24) is 4.98 Å². The zero-order valence-corrected chi connectivity index (χ0v) is 9.86. The molecule has 0 saturated heterocycles. The van der Waals surface area contributed by atoms with Gasteiger partial charge in [0.15, 0.2) is 0 Å². The fraction of sp³-hybridized carbons (Fsp3) is 0.364. The van der Waals surface area contributed by atoms with Crippen LogP contribution in [0.5, 0.6) is 0 Å². The van der Waals surface area contributed by atoms with E-state index in [1.165, 1.54) is 13.8 Å². The summed E-state index contributed by atoms with van der Waals surface area (Å²) in [4.78, 5) is 26.3. The molecule has 1 heterocycles. The summed E-state index contributed by atoms with van der Waals surface area (Å²) in [5, 5.41) is 1.09. The SMILES string of the molecule is CC(=O)C(C[Si]c1cccnc1)C(C)=O. The molecule has 0 bridgehead atoms. The predicted octanol–water partition coefficient (Wildman–Crippen LogP) is 0.624. The van der Waals surface area contributed by atoms with E-state index in [2.05, 4.69) is 4.98 Å². The Labute approximate surface area is 91.7 Å². The summed E-state index contributed by atoms with van der Waals surface area (Å²) in [6, 6.07) is 4.43. The molecule has 0 aliphatic carbocycles. The molecule has 0 aromatic carbocycles. The second-order valence-electron chi connectivity index (χ2n) is 3.40. The van der Waals surface area contributed by atoms with E-state index in [1.807, 2.05) is 12.1 Å². The van der Waals surface area contributed by atoms with Gasteiger partial charge in [0, 0.05) is 12.4 Å². The molecule has 0 saturated carbocycles. The average molecular weight is 219 g/mol. The maximum atomic E-state index is 11.2. The smallest absolute Gasteiger partial charge is 0.139 e. The van der Waals surface area contributed by atoms with Crippen LogP contribution in [0.25, 0.3) is 0 Å². The molecule has 1 aromatic rings. The Morgan fingerprint density at radius 3 is 2.53 bits per heavy atom. The zero-order valence-electron chi connectivity index (χ0n) is 8.86. The summed E-state index contributed by atoms with van der Waals surface area (Å²) in [5.41, 5.74) is 0. The van der Waals surface area contributed by atoms with Crippen molar-refractivity contribution in [1.29, 1.82) is 0 Å². The topological polar surface area (TPSA) is 47.0 Å². The van der Waals surface area contributed by atoms with Gasteiger partial charge in [-0.05, 0) is 31.1 Å². The van der Waals surface area contributed by atoms with E-state index in [9.17, 15) is 9.59 Å². The first-order valence-electron chi connectivity index (χ1n) is 4.76. The minimum atomic E-state index is -0.441. The molecule has 0 spiro atoms. The molecule has 0 aliphatic heterocycles. The summed E-state index contributed by atoms with van der Waals surface area (Å²) in [7, 11) is 0.466. The van der Waals surface area contributed by atoms with Gasteiger partial charge in [-0.15, -0.1) is 0 Å². The van der Waals surface area contributed by atoms with Gasteiger partial charge in [-0.1, -0.05) is 6.07 Å². The van der Waals surface area contributed by atoms with Crippen LogP contribution in [0.15, 0.2) is 24.5 Å². The number of nitrogens with zero attached hydrogens (tertiary/aromatic N) is 1. The van der Waals surface area contributed by atoms with Crippen LogP contribution in [0, 0.1) is 5.92 Å². The number of rotatable bonds is 5. The van der Waals surface area contributed by atoms with E-state index >= 15 is 0 Å². The van der Waals surface area contributed by atoms with Crippen molar-refractivity contribution in [3.05, 3.63) is 24.5 Å². The molecule has 4 heteroatoms. The van der Waals surface area contributed by atoms with Crippen LogP contribution >= 0.6 is 0 Å². The maximum absolute atomic E-state index is 11.2. The molecular weight excluding hydrogens is 206 g/mol. The van der Waals surface area contributed by atoms with Gasteiger partial charge in [-0.25, -0.2) is 0 Å². The van der Waals surface area contributed by atoms with E-state index < -0.39 is 5.92 Å². The molecule has 15 heavy (non-hydrogen) atoms. The summed E-state index contributed by atoms with van der Waals surface area (Å²) in [5.74, 6) is -0.527. The van der Waals surface area contributed by atoms with Crippen LogP contribution in [-0.2, 0) is 9.59 Å². The highest BCUT2D eigenvalue weighted by molar-refractivity contribution is 6.54. The Morgan fingerprint density at radius 1 is 1.40 bits per heavy atom. The molecule has 0 amide bonds. The number of ketones is 2. The van der Waals surface area contributed by atoms with E-state index in [0.717, 1.165) is 5.19 Å². The van der Waals surface area contributed by atoms with Crippen molar-refractivity contribution in [2.24, 2.45) is 5.92 Å². The van der Waals surface area contributed by atoms with E-state index in [-0.39, 0.29) is 11.6 Å². The standard InChI is InChI=1S/C11H13NO2Si/c1-8(13)11(9(2)14)7-15-10-4-3-5-12-6-10/h3-6,11H,7H2,1-2H3. The molecule has 1 aromatic heterocycles. The van der Waals surface area contributed by atoms with Crippen molar-refractivity contribution in [3.8, 4) is 0 Å². The zero-order chi connectivity index (χ0) is 11.3. The van der Waals surface area contributed by atoms with Gasteiger partial charge in [0.2, 0.25) is 0 Å². The molecule has 0 fully saturated rings. The Kier molecular flexibility index (Phi) is 4.36. The van der Waals surface area contributed by atoms with Crippen molar-refractivity contribution in [2.45, 2.75) is 19.9 Å². The first kappa shape index (κ1) is 11.8. The fourth-order valence-electron chi connectivity index (χ4n) is 1.26. The van der Waals surface area contributed by atoms with Gasteiger partial charge in [-0.2, -0.15) is 0 Å². The monoisotopic (exact) mass is 219 g/mol. The van der Waals surface area contributed by atoms with Crippen LogP contribution in [0.4, 0.5) is 0 Å². The molecule has 0 N–H and O–H groups in total. The minimum Gasteiger partial charge on any atom is -0.299 e. The Balaban J connectivity index is 2.55. The molecule has 78 valence electrons. The van der Waals surface area contributed by atoms with E-state index in [4.69, 9.17) is 0 Å². The largest absolute Gasteiger partial charge is 0.299 e. The number of carbonyl (C=O) groups is 2. The quantitative estimate of drug-likeness (QED) is 0.539. The lowest BCUT2D eigenvalue weighted by Crippen LogP contribution is -2.25. The highest BCUT2D eigenvalue weighted by Gasteiger charge is 2.19. The lowest BCUT2D eigenvalue weighted by Gasteiger charge is -2.08. The summed E-state index contributed by atoms with van der Waals surface area (Å²) in [6.07, 6.45) is 3.48. The number of aromatic nitrogens is 1. The van der Waals surface area contributed by atoms with Crippen LogP contribution in [0.3, 0.4) is 0 Å².